The third-order valence-corrected chi connectivity index (χ3v) is 5.23. The molecule has 0 spiro atoms. The molecule has 0 bridgehead atoms. The second-order valence-corrected chi connectivity index (χ2v) is 7.60. The van der Waals surface area contributed by atoms with Crippen molar-refractivity contribution >= 4 is 35.3 Å². The van der Waals surface area contributed by atoms with Crippen molar-refractivity contribution in [3.63, 3.8) is 0 Å². The molecule has 0 aliphatic heterocycles. The van der Waals surface area contributed by atoms with Gasteiger partial charge in [0.1, 0.15) is 0 Å². The Kier molecular flexibility index (Phi) is 7.64. The van der Waals surface area contributed by atoms with Crippen molar-refractivity contribution in [3.05, 3.63) is 77.8 Å². The third kappa shape index (κ3) is 5.95. The van der Waals surface area contributed by atoms with Gasteiger partial charge in [0.2, 0.25) is 5.91 Å². The number of hydrogen-bond donors (Lipinski definition) is 2. The summed E-state index contributed by atoms with van der Waals surface area (Å²) >= 11 is 7.14. The van der Waals surface area contributed by atoms with Gasteiger partial charge in [0.25, 0.3) is 0 Å². The zero-order chi connectivity index (χ0) is 21.3. The molecule has 1 aromatic heterocycles. The van der Waals surface area contributed by atoms with Gasteiger partial charge in [-0.25, -0.2) is 4.79 Å². The summed E-state index contributed by atoms with van der Waals surface area (Å²) in [6, 6.07) is 16.2. The highest BCUT2D eigenvalue weighted by Crippen LogP contribution is 2.25. The van der Waals surface area contributed by atoms with Crippen LogP contribution in [0.3, 0.4) is 0 Å². The molecule has 0 saturated carbocycles. The molecule has 3 amide bonds. The average Bonchev–Trinajstić information content (AvgIpc) is 3.15. The van der Waals surface area contributed by atoms with Gasteiger partial charge in [0.15, 0.2) is 11.0 Å². The quantitative estimate of drug-likeness (QED) is 0.408. The average molecular weight is 442 g/mol. The monoisotopic (exact) mass is 441 g/mol. The smallest absolute Gasteiger partial charge is 0.321 e. The Hall–Kier alpha value is -3.10. The molecule has 154 valence electrons. The van der Waals surface area contributed by atoms with Crippen molar-refractivity contribution in [2.75, 3.05) is 5.75 Å². The van der Waals surface area contributed by atoms with Crippen LogP contribution in [-0.4, -0.2) is 32.5 Å². The van der Waals surface area contributed by atoms with Crippen molar-refractivity contribution in [3.8, 4) is 11.4 Å². The Morgan fingerprint density at radius 1 is 1.10 bits per heavy atom. The molecule has 9 heteroatoms. The molecule has 0 radical (unpaired) electrons. The Morgan fingerprint density at radius 2 is 1.83 bits per heavy atom. The van der Waals surface area contributed by atoms with Crippen LogP contribution in [0.5, 0.6) is 0 Å². The second-order valence-electron chi connectivity index (χ2n) is 6.22. The van der Waals surface area contributed by atoms with E-state index in [1.165, 1.54) is 11.8 Å². The van der Waals surface area contributed by atoms with Gasteiger partial charge in [-0.2, -0.15) is 0 Å². The molecule has 0 unspecified atom stereocenters. The number of hydrogen-bond acceptors (Lipinski definition) is 5. The Labute approximate surface area is 183 Å². The lowest BCUT2D eigenvalue weighted by Gasteiger charge is -2.08. The van der Waals surface area contributed by atoms with Crippen LogP contribution in [0.4, 0.5) is 4.79 Å². The van der Waals surface area contributed by atoms with Gasteiger partial charge >= 0.3 is 6.03 Å². The van der Waals surface area contributed by atoms with E-state index in [9.17, 15) is 9.59 Å². The fraction of sp³-hybridized carbons (Fsp3) is 0.143. The van der Waals surface area contributed by atoms with Crippen molar-refractivity contribution in [1.29, 1.82) is 0 Å². The Morgan fingerprint density at radius 3 is 2.53 bits per heavy atom. The predicted octanol–water partition coefficient (Wildman–Crippen LogP) is 3.90. The predicted molar refractivity (Wildman–Crippen MR) is 118 cm³/mol. The van der Waals surface area contributed by atoms with E-state index in [-0.39, 0.29) is 5.75 Å². The van der Waals surface area contributed by atoms with Crippen molar-refractivity contribution in [2.45, 2.75) is 18.2 Å². The first-order chi connectivity index (χ1) is 14.6. The van der Waals surface area contributed by atoms with Gasteiger partial charge in [-0.3, -0.25) is 14.7 Å². The van der Waals surface area contributed by atoms with E-state index in [1.807, 2.05) is 47.0 Å². The first kappa shape index (κ1) is 21.6. The number of nitrogens with one attached hydrogen (secondary N) is 2. The SMILES string of the molecule is C=CCn1c(SCC(=O)NC(=O)NCc2ccccc2)nnc1-c1ccc(Cl)cc1. The lowest BCUT2D eigenvalue weighted by atomic mass is 10.2. The minimum Gasteiger partial charge on any atom is -0.334 e. The van der Waals surface area contributed by atoms with E-state index >= 15 is 0 Å². The topological polar surface area (TPSA) is 88.9 Å². The van der Waals surface area contributed by atoms with Crippen LogP contribution in [-0.2, 0) is 17.9 Å². The van der Waals surface area contributed by atoms with Crippen LogP contribution >= 0.6 is 23.4 Å². The molecule has 7 nitrogen and oxygen atoms in total. The van der Waals surface area contributed by atoms with E-state index in [2.05, 4.69) is 27.4 Å². The zero-order valence-corrected chi connectivity index (χ0v) is 17.6. The summed E-state index contributed by atoms with van der Waals surface area (Å²) in [6.07, 6.45) is 1.73. The zero-order valence-electron chi connectivity index (χ0n) is 16.0. The summed E-state index contributed by atoms with van der Waals surface area (Å²) in [6.45, 7) is 4.58. The minimum absolute atomic E-state index is 0.0225. The van der Waals surface area contributed by atoms with Gasteiger partial charge in [-0.05, 0) is 29.8 Å². The van der Waals surface area contributed by atoms with Crippen molar-refractivity contribution < 1.29 is 9.59 Å². The number of benzene rings is 2. The number of nitrogens with zero attached hydrogens (tertiary/aromatic N) is 3. The Bertz CT molecular complexity index is 1020. The highest BCUT2D eigenvalue weighted by atomic mass is 35.5. The number of imide groups is 1. The number of carbonyl (C=O) groups is 2. The lowest BCUT2D eigenvalue weighted by molar-refractivity contribution is -0.117. The van der Waals surface area contributed by atoms with Gasteiger partial charge in [-0.1, -0.05) is 59.8 Å². The number of rotatable bonds is 8. The van der Waals surface area contributed by atoms with Gasteiger partial charge in [-0.15, -0.1) is 16.8 Å². The fourth-order valence-corrected chi connectivity index (χ4v) is 3.49. The molecule has 0 aliphatic carbocycles. The van der Waals surface area contributed by atoms with Crippen LogP contribution in [0, 0.1) is 0 Å². The van der Waals surface area contributed by atoms with Crippen LogP contribution in [0.2, 0.25) is 5.02 Å². The molecule has 2 N–H and O–H groups in total. The maximum Gasteiger partial charge on any atom is 0.321 e. The van der Waals surface area contributed by atoms with Crippen LogP contribution in [0.25, 0.3) is 11.4 Å². The molecule has 3 aromatic rings. The van der Waals surface area contributed by atoms with Gasteiger partial charge in [0, 0.05) is 23.7 Å². The summed E-state index contributed by atoms with van der Waals surface area (Å²) in [5.74, 6) is 0.246. The fourth-order valence-electron chi connectivity index (χ4n) is 2.62. The number of amides is 3. The first-order valence-electron chi connectivity index (χ1n) is 9.11. The summed E-state index contributed by atoms with van der Waals surface area (Å²) < 4.78 is 1.85. The van der Waals surface area contributed by atoms with Crippen LogP contribution in [0.1, 0.15) is 5.56 Å². The number of aromatic nitrogens is 3. The van der Waals surface area contributed by atoms with Crippen molar-refractivity contribution in [1.82, 2.24) is 25.4 Å². The minimum atomic E-state index is -0.543. The number of thioether (sulfide) groups is 1. The van der Waals surface area contributed by atoms with E-state index < -0.39 is 11.9 Å². The molecular formula is C21H20ClN5O2S. The highest BCUT2D eigenvalue weighted by molar-refractivity contribution is 7.99. The lowest BCUT2D eigenvalue weighted by Crippen LogP contribution is -2.40. The molecule has 3 rings (SSSR count). The molecule has 0 fully saturated rings. The molecule has 30 heavy (non-hydrogen) atoms. The number of carbonyl (C=O) groups excluding carboxylic acids is 2. The van der Waals surface area contributed by atoms with E-state index in [0.717, 1.165) is 11.1 Å². The standard InChI is InChI=1S/C21H20ClN5O2S/c1-2-12-27-19(16-8-10-17(22)11-9-16)25-26-21(27)30-14-18(28)24-20(29)23-13-15-6-4-3-5-7-15/h2-11H,1,12-14H2,(H2,23,24,28,29). The Balaban J connectivity index is 1.56. The number of allylic oxidation sites excluding steroid dienone is 1. The first-order valence-corrected chi connectivity index (χ1v) is 10.5. The summed E-state index contributed by atoms with van der Waals surface area (Å²) in [5, 5.41) is 14.6. The van der Waals surface area contributed by atoms with E-state index in [1.54, 1.807) is 18.2 Å². The van der Waals surface area contributed by atoms with Gasteiger partial charge in [0.05, 0.1) is 5.75 Å². The molecule has 0 aliphatic rings. The summed E-state index contributed by atoms with van der Waals surface area (Å²) in [7, 11) is 0. The molecule has 0 atom stereocenters. The molecular weight excluding hydrogens is 422 g/mol. The number of urea groups is 1. The van der Waals surface area contributed by atoms with Gasteiger partial charge < -0.3 is 5.32 Å². The maximum atomic E-state index is 12.1. The molecule has 2 aromatic carbocycles. The van der Waals surface area contributed by atoms with Crippen LogP contribution in [0.15, 0.2) is 72.4 Å². The third-order valence-electron chi connectivity index (χ3n) is 4.01. The molecule has 0 saturated heterocycles. The summed E-state index contributed by atoms with van der Waals surface area (Å²) in [5.41, 5.74) is 1.80. The maximum absolute atomic E-state index is 12.1. The largest absolute Gasteiger partial charge is 0.334 e. The normalized spacial score (nSPS) is 10.4. The molecule has 1 heterocycles. The van der Waals surface area contributed by atoms with E-state index in [4.69, 9.17) is 11.6 Å². The van der Waals surface area contributed by atoms with E-state index in [0.29, 0.717) is 29.1 Å². The second kappa shape index (κ2) is 10.6. The van der Waals surface area contributed by atoms with Crippen LogP contribution < -0.4 is 10.6 Å². The van der Waals surface area contributed by atoms with Crippen molar-refractivity contribution in [2.24, 2.45) is 0 Å². The number of halogens is 1. The highest BCUT2D eigenvalue weighted by Gasteiger charge is 2.16. The summed E-state index contributed by atoms with van der Waals surface area (Å²) in [4.78, 5) is 24.1.